The molecule has 9 aromatic rings. The van der Waals surface area contributed by atoms with Crippen LogP contribution in [0.1, 0.15) is 77.9 Å². The van der Waals surface area contributed by atoms with Gasteiger partial charge in [-0.15, -0.1) is 0 Å². The number of para-hydroxylation sites is 5. The average Bonchev–Trinajstić information content (AvgIpc) is 3.32. The van der Waals surface area contributed by atoms with E-state index in [2.05, 4.69) is 272 Å². The third-order valence-electron chi connectivity index (χ3n) is 14.4. The molecule has 1 heterocycles. The largest absolute Gasteiger partial charge is 0.310 e. The molecule has 10 rings (SSSR count). The summed E-state index contributed by atoms with van der Waals surface area (Å²) in [4.78, 5) is 7.53. The Kier molecular flexibility index (Phi) is 11.4. The Hall–Kier alpha value is -7.62. The fourth-order valence-electron chi connectivity index (χ4n) is 11.3. The highest BCUT2D eigenvalue weighted by Crippen LogP contribution is 2.59. The van der Waals surface area contributed by atoms with E-state index in [0.717, 1.165) is 28.4 Å². The number of benzene rings is 9. The lowest BCUT2D eigenvalue weighted by Crippen LogP contribution is -2.38. The second kappa shape index (κ2) is 17.6. The summed E-state index contributed by atoms with van der Waals surface area (Å²) in [5.74, 6) is 0. The molecule has 0 aliphatic carbocycles. The molecular weight excluding hydrogens is 823 g/mol. The third-order valence-corrected chi connectivity index (χ3v) is 14.4. The van der Waals surface area contributed by atoms with Crippen LogP contribution in [0.5, 0.6) is 0 Å². The number of rotatable bonds is 9. The van der Waals surface area contributed by atoms with Crippen LogP contribution in [0.2, 0.25) is 0 Å². The summed E-state index contributed by atoms with van der Waals surface area (Å²) >= 11 is 0. The van der Waals surface area contributed by atoms with Crippen LogP contribution in [0.15, 0.2) is 188 Å². The zero-order chi connectivity index (χ0) is 47.4. The number of nitrogens with zero attached hydrogens (tertiary/aromatic N) is 3. The van der Waals surface area contributed by atoms with E-state index in [-0.39, 0.29) is 0 Å². The molecule has 0 aromatic heterocycles. The highest BCUT2D eigenvalue weighted by atomic mass is 15.2. The molecule has 0 N–H and O–H groups in total. The van der Waals surface area contributed by atoms with Gasteiger partial charge in [0.2, 0.25) is 0 Å². The molecule has 1 aliphatic heterocycles. The molecule has 68 heavy (non-hydrogen) atoms. The monoisotopic (exact) mass is 883 g/mol. The molecular formula is C65H61N3. The van der Waals surface area contributed by atoms with Crippen molar-refractivity contribution in [1.29, 1.82) is 0 Å². The highest BCUT2D eigenvalue weighted by molar-refractivity contribution is 5.92. The van der Waals surface area contributed by atoms with E-state index in [9.17, 15) is 0 Å². The van der Waals surface area contributed by atoms with Crippen LogP contribution < -0.4 is 14.7 Å². The van der Waals surface area contributed by atoms with Gasteiger partial charge < -0.3 is 14.7 Å². The van der Waals surface area contributed by atoms with E-state index in [4.69, 9.17) is 0 Å². The minimum atomic E-state index is -0.772. The Morgan fingerprint density at radius 3 is 1.10 bits per heavy atom. The van der Waals surface area contributed by atoms with Crippen LogP contribution >= 0.6 is 0 Å². The van der Waals surface area contributed by atoms with Crippen LogP contribution in [0.4, 0.5) is 51.2 Å². The maximum atomic E-state index is 2.52. The van der Waals surface area contributed by atoms with Crippen LogP contribution in [0.25, 0.3) is 0 Å². The van der Waals surface area contributed by atoms with Crippen LogP contribution in [0.3, 0.4) is 0 Å². The van der Waals surface area contributed by atoms with E-state index < -0.39 is 5.41 Å². The van der Waals surface area contributed by atoms with Gasteiger partial charge in [0.15, 0.2) is 0 Å². The lowest BCUT2D eigenvalue weighted by atomic mass is 9.62. The smallest absolute Gasteiger partial charge is 0.0743 e. The minimum absolute atomic E-state index is 0.772. The van der Waals surface area contributed by atoms with E-state index in [0.29, 0.717) is 0 Å². The molecule has 3 nitrogen and oxygen atoms in total. The van der Waals surface area contributed by atoms with Crippen LogP contribution in [-0.4, -0.2) is 0 Å². The van der Waals surface area contributed by atoms with Crippen molar-refractivity contribution in [2.45, 2.75) is 74.7 Å². The standard InChI is InChI=1S/C65H61N3/c1-42-33-36-54(37-34-42)66-59-32-12-11-31-57(59)65(58-39-43(2)35-38-60(58)66,52-27-17-29-55(40-52)67(61-44(3)19-13-20-45(61)4)62-46(5)21-14-22-47(62)6)53-28-18-30-56(41-53)68(63-48(7)23-15-24-49(63)8)64-50(9)25-16-26-51(64)10/h11-41H,1-10H3. The minimum Gasteiger partial charge on any atom is -0.310 e. The van der Waals surface area contributed by atoms with Crippen molar-refractivity contribution in [2.24, 2.45) is 0 Å². The van der Waals surface area contributed by atoms with Gasteiger partial charge in [-0.2, -0.15) is 0 Å². The SMILES string of the molecule is Cc1ccc(N2c3ccccc3C(c3cccc(N(c4c(C)cccc4C)c4c(C)cccc4C)c3)(c3cccc(N(c4c(C)cccc4C)c4c(C)cccc4C)c3)c3cc(C)ccc32)cc1. The topological polar surface area (TPSA) is 9.72 Å². The number of aryl methyl sites for hydroxylation is 10. The van der Waals surface area contributed by atoms with Gasteiger partial charge in [0, 0.05) is 17.1 Å². The molecule has 1 aliphatic rings. The summed E-state index contributed by atoms with van der Waals surface area (Å²) in [6.45, 7) is 22.4. The Bertz CT molecular complexity index is 3040. The predicted octanol–water partition coefficient (Wildman–Crippen LogP) is 17.9. The number of hydrogen-bond donors (Lipinski definition) is 0. The molecule has 0 radical (unpaired) electrons. The first-order valence-electron chi connectivity index (χ1n) is 24.0. The van der Waals surface area contributed by atoms with Gasteiger partial charge in [0.05, 0.1) is 39.5 Å². The molecule has 0 fully saturated rings. The van der Waals surface area contributed by atoms with E-state index >= 15 is 0 Å². The quantitative estimate of drug-likeness (QED) is 0.143. The summed E-state index contributed by atoms with van der Waals surface area (Å²) in [6.07, 6.45) is 0. The van der Waals surface area contributed by atoms with E-state index in [1.807, 2.05) is 0 Å². The van der Waals surface area contributed by atoms with Crippen molar-refractivity contribution in [1.82, 2.24) is 0 Å². The van der Waals surface area contributed by atoms with Crippen molar-refractivity contribution in [3.8, 4) is 0 Å². The normalized spacial score (nSPS) is 12.6. The molecule has 0 bridgehead atoms. The zero-order valence-electron chi connectivity index (χ0n) is 41.2. The third kappa shape index (κ3) is 7.29. The van der Waals surface area contributed by atoms with Gasteiger partial charge in [0.1, 0.15) is 0 Å². The fourth-order valence-corrected chi connectivity index (χ4v) is 11.3. The lowest BCUT2D eigenvalue weighted by molar-refractivity contribution is 0.730. The zero-order valence-corrected chi connectivity index (χ0v) is 41.2. The van der Waals surface area contributed by atoms with Gasteiger partial charge in [-0.05, 0) is 185 Å². The summed E-state index contributed by atoms with van der Waals surface area (Å²) in [6, 6.07) is 70.8. The van der Waals surface area contributed by atoms with Gasteiger partial charge in [-0.25, -0.2) is 0 Å². The number of hydrogen-bond acceptors (Lipinski definition) is 3. The van der Waals surface area contributed by atoms with E-state index in [1.54, 1.807) is 0 Å². The maximum Gasteiger partial charge on any atom is 0.0743 e. The van der Waals surface area contributed by atoms with Gasteiger partial charge in [0.25, 0.3) is 0 Å². The average molecular weight is 884 g/mol. The van der Waals surface area contributed by atoms with Gasteiger partial charge in [-0.3, -0.25) is 0 Å². The summed E-state index contributed by atoms with van der Waals surface area (Å²) in [5, 5.41) is 0. The summed E-state index contributed by atoms with van der Waals surface area (Å²) in [7, 11) is 0. The number of anilines is 9. The van der Waals surface area contributed by atoms with Crippen molar-refractivity contribution >= 4 is 51.2 Å². The maximum absolute atomic E-state index is 2.52. The molecule has 0 atom stereocenters. The summed E-state index contributed by atoms with van der Waals surface area (Å²) in [5.41, 5.74) is 26.9. The van der Waals surface area contributed by atoms with Crippen LogP contribution in [-0.2, 0) is 5.41 Å². The van der Waals surface area contributed by atoms with Crippen molar-refractivity contribution in [2.75, 3.05) is 14.7 Å². The Labute approximate surface area is 404 Å². The van der Waals surface area contributed by atoms with Crippen LogP contribution in [0, 0.1) is 69.2 Å². The molecule has 0 unspecified atom stereocenters. The lowest BCUT2D eigenvalue weighted by Gasteiger charge is -2.47. The molecule has 0 amide bonds. The second-order valence-corrected chi connectivity index (χ2v) is 19.2. The predicted molar refractivity (Wildman–Crippen MR) is 290 cm³/mol. The highest BCUT2D eigenvalue weighted by Gasteiger charge is 2.47. The number of fused-ring (bicyclic) bond motifs is 2. The molecule has 336 valence electrons. The molecule has 0 saturated heterocycles. The first kappa shape index (κ1) is 44.2. The molecule has 0 saturated carbocycles. The molecule has 9 aromatic carbocycles. The van der Waals surface area contributed by atoms with Crippen molar-refractivity contribution < 1.29 is 0 Å². The van der Waals surface area contributed by atoms with E-state index in [1.165, 1.54) is 101 Å². The molecule has 0 spiro atoms. The van der Waals surface area contributed by atoms with Gasteiger partial charge in [-0.1, -0.05) is 151 Å². The second-order valence-electron chi connectivity index (χ2n) is 19.2. The Balaban J connectivity index is 1.34. The fraction of sp³-hybridized carbons (Fsp3) is 0.169. The Morgan fingerprint density at radius 2 is 0.676 bits per heavy atom. The van der Waals surface area contributed by atoms with Gasteiger partial charge >= 0.3 is 0 Å². The van der Waals surface area contributed by atoms with Crippen molar-refractivity contribution in [3.05, 3.63) is 266 Å². The first-order valence-corrected chi connectivity index (χ1v) is 24.0. The first-order chi connectivity index (χ1) is 32.9. The van der Waals surface area contributed by atoms with Crippen molar-refractivity contribution in [3.63, 3.8) is 0 Å². The Morgan fingerprint density at radius 1 is 0.309 bits per heavy atom. The summed E-state index contributed by atoms with van der Waals surface area (Å²) < 4.78 is 0. The molecule has 3 heteroatoms.